The van der Waals surface area contributed by atoms with Crippen LogP contribution in [-0.2, 0) is 14.6 Å². The van der Waals surface area contributed by atoms with Crippen molar-refractivity contribution < 1.29 is 18.3 Å². The predicted molar refractivity (Wildman–Crippen MR) is 62.1 cm³/mol. The number of nitrogens with zero attached hydrogens (tertiary/aromatic N) is 1. The van der Waals surface area contributed by atoms with Gasteiger partial charge in [0.25, 0.3) is 0 Å². The number of β-amino-alcohol motifs (C(OH)–C–C–N with tert-alkyl or cyclic N) is 1. The first kappa shape index (κ1) is 12.2. The normalized spacial score (nSPS) is 29.1. The Balaban J connectivity index is 1.70. The summed E-state index contributed by atoms with van der Waals surface area (Å²) in [6.45, 7) is 0.838. The number of aliphatic hydroxyl groups is 1. The minimum absolute atomic E-state index is 0.000372. The second-order valence-corrected chi connectivity index (χ2v) is 7.81. The average Bonchev–Trinajstić information content (AvgIpc) is 2.50. The number of hydrogen-bond donors (Lipinski definition) is 1. The highest BCUT2D eigenvalue weighted by molar-refractivity contribution is 8.02. The molecule has 7 heteroatoms. The molecule has 0 radical (unpaired) electrons. The van der Waals surface area contributed by atoms with Gasteiger partial charge in [-0.25, -0.2) is 8.42 Å². The minimum atomic E-state index is -2.85. The summed E-state index contributed by atoms with van der Waals surface area (Å²) < 4.78 is 22.4. The third-order valence-corrected chi connectivity index (χ3v) is 6.11. The molecule has 0 spiro atoms. The molecule has 0 aromatic heterocycles. The fraction of sp³-hybridized carbons (Fsp3) is 0.889. The van der Waals surface area contributed by atoms with Crippen LogP contribution in [0.15, 0.2) is 0 Å². The van der Waals surface area contributed by atoms with Crippen LogP contribution in [0.1, 0.15) is 6.42 Å². The average molecular weight is 265 g/mol. The zero-order chi connectivity index (χ0) is 11.8. The van der Waals surface area contributed by atoms with Gasteiger partial charge in [0.05, 0.1) is 23.4 Å². The van der Waals surface area contributed by atoms with Crippen LogP contribution in [0.25, 0.3) is 0 Å². The van der Waals surface area contributed by atoms with Gasteiger partial charge in [-0.05, 0) is 6.42 Å². The molecule has 1 amide bonds. The number of amides is 1. The zero-order valence-corrected chi connectivity index (χ0v) is 10.5. The molecule has 0 aliphatic carbocycles. The first-order chi connectivity index (χ1) is 7.46. The lowest BCUT2D eigenvalue weighted by atomic mass is 10.2. The molecule has 2 saturated heterocycles. The molecule has 2 heterocycles. The largest absolute Gasteiger partial charge is 0.389 e. The topological polar surface area (TPSA) is 74.7 Å². The zero-order valence-electron chi connectivity index (χ0n) is 8.83. The van der Waals surface area contributed by atoms with Crippen LogP contribution < -0.4 is 0 Å². The second-order valence-electron chi connectivity index (χ2n) is 4.29. The highest BCUT2D eigenvalue weighted by Crippen LogP contribution is 2.25. The second kappa shape index (κ2) is 4.54. The molecule has 0 aromatic rings. The van der Waals surface area contributed by atoms with Gasteiger partial charge in [-0.2, -0.15) is 0 Å². The van der Waals surface area contributed by atoms with E-state index in [9.17, 15) is 13.2 Å². The van der Waals surface area contributed by atoms with Crippen LogP contribution in [-0.4, -0.2) is 66.0 Å². The summed E-state index contributed by atoms with van der Waals surface area (Å²) in [5, 5.41) is 9.11. The van der Waals surface area contributed by atoms with Crippen molar-refractivity contribution in [3.63, 3.8) is 0 Å². The van der Waals surface area contributed by atoms with Crippen LogP contribution in [0.2, 0.25) is 0 Å². The van der Waals surface area contributed by atoms with Crippen molar-refractivity contribution in [1.29, 1.82) is 0 Å². The number of rotatable bonds is 3. The summed E-state index contributed by atoms with van der Waals surface area (Å²) in [6.07, 6.45) is 0.281. The number of carbonyl (C=O) groups is 1. The molecule has 2 fully saturated rings. The fourth-order valence-electron chi connectivity index (χ4n) is 1.83. The third kappa shape index (κ3) is 2.89. The summed E-state index contributed by atoms with van der Waals surface area (Å²) in [4.78, 5) is 13.1. The quantitative estimate of drug-likeness (QED) is 0.716. The van der Waals surface area contributed by atoms with Gasteiger partial charge >= 0.3 is 0 Å². The summed E-state index contributed by atoms with van der Waals surface area (Å²) >= 11 is 1.42. The first-order valence-electron chi connectivity index (χ1n) is 5.24. The van der Waals surface area contributed by atoms with Crippen LogP contribution >= 0.6 is 11.8 Å². The van der Waals surface area contributed by atoms with E-state index in [2.05, 4.69) is 0 Å². The lowest BCUT2D eigenvalue weighted by Crippen LogP contribution is -2.54. The van der Waals surface area contributed by atoms with Gasteiger partial charge in [-0.1, -0.05) is 0 Å². The van der Waals surface area contributed by atoms with E-state index < -0.39 is 9.84 Å². The molecule has 5 nitrogen and oxygen atoms in total. The molecule has 2 aliphatic heterocycles. The predicted octanol–water partition coefficient (Wildman–Crippen LogP) is -0.890. The van der Waals surface area contributed by atoms with Gasteiger partial charge in [-0.15, -0.1) is 11.8 Å². The molecule has 1 unspecified atom stereocenters. The van der Waals surface area contributed by atoms with Crippen LogP contribution in [0.3, 0.4) is 0 Å². The minimum Gasteiger partial charge on any atom is -0.389 e. The van der Waals surface area contributed by atoms with E-state index >= 15 is 0 Å². The fourth-order valence-corrected chi connectivity index (χ4v) is 5.38. The molecule has 92 valence electrons. The molecule has 1 atom stereocenters. The highest BCUT2D eigenvalue weighted by atomic mass is 32.2. The standard InChI is InChI=1S/C9H15NO4S2/c11-7-3-10(4-7)9(12)5-15-8-1-2-16(13,14)6-8/h7-8,11H,1-6H2. The van der Waals surface area contributed by atoms with E-state index in [1.54, 1.807) is 4.90 Å². The van der Waals surface area contributed by atoms with Crippen LogP contribution in [0, 0.1) is 0 Å². The number of sulfone groups is 1. The van der Waals surface area contributed by atoms with Crippen molar-refractivity contribution in [2.75, 3.05) is 30.3 Å². The van der Waals surface area contributed by atoms with Gasteiger partial charge in [0, 0.05) is 18.3 Å². The lowest BCUT2D eigenvalue weighted by Gasteiger charge is -2.35. The number of hydrogen-bond acceptors (Lipinski definition) is 5. The summed E-state index contributed by atoms with van der Waals surface area (Å²) in [5.74, 6) is 0.779. The van der Waals surface area contributed by atoms with E-state index in [4.69, 9.17) is 5.11 Å². The van der Waals surface area contributed by atoms with Gasteiger partial charge in [0.15, 0.2) is 9.84 Å². The molecular weight excluding hydrogens is 250 g/mol. The monoisotopic (exact) mass is 265 g/mol. The summed E-state index contributed by atoms with van der Waals surface area (Å²) in [5.41, 5.74) is 0. The van der Waals surface area contributed by atoms with Gasteiger partial charge in [0.2, 0.25) is 5.91 Å². The Morgan fingerprint density at radius 1 is 1.44 bits per heavy atom. The van der Waals surface area contributed by atoms with E-state index in [1.165, 1.54) is 11.8 Å². The van der Waals surface area contributed by atoms with Crippen LogP contribution in [0.5, 0.6) is 0 Å². The lowest BCUT2D eigenvalue weighted by molar-refractivity contribution is -0.138. The Hall–Kier alpha value is -0.270. The van der Waals surface area contributed by atoms with Crippen molar-refractivity contribution in [1.82, 2.24) is 4.90 Å². The van der Waals surface area contributed by atoms with Crippen LogP contribution in [0.4, 0.5) is 0 Å². The Morgan fingerprint density at radius 2 is 2.12 bits per heavy atom. The maximum absolute atomic E-state index is 11.5. The van der Waals surface area contributed by atoms with Crippen molar-refractivity contribution in [2.24, 2.45) is 0 Å². The maximum Gasteiger partial charge on any atom is 0.232 e. The molecule has 2 aliphatic rings. The summed E-state index contributed by atoms with van der Waals surface area (Å²) in [7, 11) is -2.85. The first-order valence-corrected chi connectivity index (χ1v) is 8.11. The molecule has 0 bridgehead atoms. The molecule has 0 aromatic carbocycles. The third-order valence-electron chi connectivity index (χ3n) is 2.85. The number of carbonyl (C=O) groups excluding carboxylic acids is 1. The van der Waals surface area contributed by atoms with Crippen molar-refractivity contribution in [3.05, 3.63) is 0 Å². The van der Waals surface area contributed by atoms with E-state index in [0.29, 0.717) is 25.3 Å². The Morgan fingerprint density at radius 3 is 2.62 bits per heavy atom. The molecule has 16 heavy (non-hydrogen) atoms. The molecule has 0 saturated carbocycles. The van der Waals surface area contributed by atoms with Crippen molar-refractivity contribution in [3.8, 4) is 0 Å². The van der Waals surface area contributed by atoms with Gasteiger partial charge in [0.1, 0.15) is 0 Å². The molecular formula is C9H15NO4S2. The van der Waals surface area contributed by atoms with Crippen molar-refractivity contribution in [2.45, 2.75) is 17.8 Å². The summed E-state index contributed by atoms with van der Waals surface area (Å²) in [6, 6.07) is 0. The molecule has 2 rings (SSSR count). The Kier molecular flexibility index (Phi) is 3.46. The smallest absolute Gasteiger partial charge is 0.232 e. The SMILES string of the molecule is O=C(CSC1CCS(=O)(=O)C1)N1CC(O)C1. The van der Waals surface area contributed by atoms with E-state index in [-0.39, 0.29) is 28.8 Å². The number of aliphatic hydroxyl groups excluding tert-OH is 1. The highest BCUT2D eigenvalue weighted by Gasteiger charge is 2.31. The van der Waals surface area contributed by atoms with Gasteiger partial charge in [-0.3, -0.25) is 4.79 Å². The maximum atomic E-state index is 11.5. The number of thioether (sulfide) groups is 1. The Labute approximate surface area is 99.1 Å². The Bertz CT molecular complexity index is 375. The number of likely N-dealkylation sites (tertiary alicyclic amines) is 1. The van der Waals surface area contributed by atoms with Gasteiger partial charge < -0.3 is 10.0 Å². The molecule has 1 N–H and O–H groups in total. The van der Waals surface area contributed by atoms with Crippen molar-refractivity contribution >= 4 is 27.5 Å². The van der Waals surface area contributed by atoms with E-state index in [0.717, 1.165) is 0 Å². The van der Waals surface area contributed by atoms with E-state index in [1.807, 2.05) is 0 Å².